The van der Waals surface area contributed by atoms with Gasteiger partial charge in [-0.25, -0.2) is 0 Å². The molecule has 0 spiro atoms. The summed E-state index contributed by atoms with van der Waals surface area (Å²) in [5, 5.41) is 0. The quantitative estimate of drug-likeness (QED) is 0.473. The average molecular weight is 268 g/mol. The van der Waals surface area contributed by atoms with Crippen molar-refractivity contribution in [3.05, 3.63) is 84.5 Å². The molecule has 0 unspecified atom stereocenters. The molecule has 0 saturated carbocycles. The number of rotatable bonds is 6. The second kappa shape index (κ2) is 8.39. The molecular weight excluding hydrogens is 248 g/mol. The first-order valence-corrected chi connectivity index (χ1v) is 7.37. The molecule has 1 rings (SSSR count). The maximum absolute atomic E-state index is 3.78. The third-order valence-corrected chi connectivity index (χ3v) is 3.34. The van der Waals surface area contributed by atoms with E-state index in [1.807, 2.05) is 12.2 Å². The molecule has 0 aliphatic heterocycles. The van der Waals surface area contributed by atoms with Crippen molar-refractivity contribution in [1.29, 1.82) is 0 Å². The number of hydrogen-bond acceptors (Lipinski definition) is 1. The summed E-state index contributed by atoms with van der Waals surface area (Å²) in [5.41, 5.74) is 3.45. The normalized spacial score (nSPS) is 12.7. The molecule has 0 heterocycles. The minimum atomic E-state index is 1.06. The van der Waals surface area contributed by atoms with Crippen molar-refractivity contribution < 1.29 is 0 Å². The van der Waals surface area contributed by atoms with E-state index in [0.717, 1.165) is 5.57 Å². The van der Waals surface area contributed by atoms with Gasteiger partial charge in [-0.15, -0.1) is 11.8 Å². The number of hydrogen-bond donors (Lipinski definition) is 0. The SMILES string of the molecule is C=C/C=C(C=C)/C=C(C)/C=C/c1ccc(SC)cc1. The van der Waals surface area contributed by atoms with Gasteiger partial charge in [-0.2, -0.15) is 0 Å². The highest BCUT2D eigenvalue weighted by Gasteiger charge is 1.90. The van der Waals surface area contributed by atoms with E-state index in [9.17, 15) is 0 Å². The molecule has 0 fully saturated rings. The number of benzene rings is 1. The van der Waals surface area contributed by atoms with E-state index < -0.39 is 0 Å². The predicted molar refractivity (Wildman–Crippen MR) is 89.5 cm³/mol. The van der Waals surface area contributed by atoms with Crippen LogP contribution in [0, 0.1) is 0 Å². The molecule has 1 heteroatoms. The standard InChI is InChI=1S/C18H20S/c1-5-7-16(6-2)14-15(3)8-9-17-10-12-18(19-4)13-11-17/h5-14H,1-2H2,3-4H3/b9-8+,15-14+,16-7+. The largest absolute Gasteiger partial charge is 0.130 e. The second-order valence-corrected chi connectivity index (χ2v) is 4.98. The fourth-order valence-electron chi connectivity index (χ4n) is 1.56. The van der Waals surface area contributed by atoms with E-state index in [0.29, 0.717) is 0 Å². The van der Waals surface area contributed by atoms with Gasteiger partial charge >= 0.3 is 0 Å². The van der Waals surface area contributed by atoms with E-state index in [4.69, 9.17) is 0 Å². The Kier molecular flexibility index (Phi) is 6.76. The smallest absolute Gasteiger partial charge is 0.00695 e. The van der Waals surface area contributed by atoms with Gasteiger partial charge in [-0.3, -0.25) is 0 Å². The lowest BCUT2D eigenvalue weighted by Gasteiger charge is -1.98. The molecule has 19 heavy (non-hydrogen) atoms. The summed E-state index contributed by atoms with van der Waals surface area (Å²) in [7, 11) is 0. The van der Waals surface area contributed by atoms with Crippen LogP contribution in [0.25, 0.3) is 6.08 Å². The van der Waals surface area contributed by atoms with Gasteiger partial charge < -0.3 is 0 Å². The Morgan fingerprint density at radius 1 is 1.16 bits per heavy atom. The Hall–Kier alpha value is -1.73. The first-order chi connectivity index (χ1) is 9.19. The van der Waals surface area contributed by atoms with Crippen LogP contribution >= 0.6 is 11.8 Å². The van der Waals surface area contributed by atoms with Crippen molar-refractivity contribution in [1.82, 2.24) is 0 Å². The fraction of sp³-hybridized carbons (Fsp3) is 0.111. The topological polar surface area (TPSA) is 0 Å². The van der Waals surface area contributed by atoms with Crippen LogP contribution in [-0.4, -0.2) is 6.26 Å². The molecule has 0 aliphatic carbocycles. The molecule has 0 aromatic heterocycles. The van der Waals surface area contributed by atoms with Gasteiger partial charge in [0.05, 0.1) is 0 Å². The summed E-state index contributed by atoms with van der Waals surface area (Å²) in [4.78, 5) is 1.28. The van der Waals surface area contributed by atoms with Crippen molar-refractivity contribution in [3.63, 3.8) is 0 Å². The highest BCUT2D eigenvalue weighted by molar-refractivity contribution is 7.98. The summed E-state index contributed by atoms with van der Waals surface area (Å²) < 4.78 is 0. The molecule has 0 nitrogen and oxygen atoms in total. The van der Waals surface area contributed by atoms with E-state index in [1.54, 1.807) is 17.8 Å². The van der Waals surface area contributed by atoms with Gasteiger partial charge in [0, 0.05) is 4.90 Å². The minimum absolute atomic E-state index is 1.06. The Bertz CT molecular complexity index is 513. The molecule has 0 N–H and O–H groups in total. The second-order valence-electron chi connectivity index (χ2n) is 4.10. The zero-order valence-corrected chi connectivity index (χ0v) is 12.4. The van der Waals surface area contributed by atoms with Gasteiger partial charge in [0.2, 0.25) is 0 Å². The molecule has 0 aliphatic rings. The molecule has 0 radical (unpaired) electrons. The van der Waals surface area contributed by atoms with Gasteiger partial charge in [0.15, 0.2) is 0 Å². The third kappa shape index (κ3) is 5.62. The van der Waals surface area contributed by atoms with Crippen LogP contribution in [0.2, 0.25) is 0 Å². The predicted octanol–water partition coefficient (Wildman–Crippen LogP) is 5.67. The van der Waals surface area contributed by atoms with Crippen molar-refractivity contribution in [2.45, 2.75) is 11.8 Å². The number of thioether (sulfide) groups is 1. The Morgan fingerprint density at radius 2 is 1.84 bits per heavy atom. The zero-order valence-electron chi connectivity index (χ0n) is 11.6. The molecule has 98 valence electrons. The lowest BCUT2D eigenvalue weighted by Crippen LogP contribution is -1.76. The van der Waals surface area contributed by atoms with Crippen LogP contribution < -0.4 is 0 Å². The van der Waals surface area contributed by atoms with Crippen LogP contribution in [0.1, 0.15) is 12.5 Å². The molecule has 1 aromatic rings. The molecule has 0 atom stereocenters. The van der Waals surface area contributed by atoms with E-state index in [1.165, 1.54) is 16.0 Å². The highest BCUT2D eigenvalue weighted by Crippen LogP contribution is 2.16. The molecule has 0 bridgehead atoms. The first kappa shape index (κ1) is 15.3. The van der Waals surface area contributed by atoms with Gasteiger partial charge in [0.25, 0.3) is 0 Å². The molecule has 0 saturated heterocycles. The van der Waals surface area contributed by atoms with Crippen molar-refractivity contribution >= 4 is 17.8 Å². The number of allylic oxidation sites excluding steroid dienone is 7. The van der Waals surface area contributed by atoms with Crippen LogP contribution in [0.3, 0.4) is 0 Å². The maximum Gasteiger partial charge on any atom is 0.00695 e. The van der Waals surface area contributed by atoms with Crippen LogP contribution in [-0.2, 0) is 0 Å². The summed E-state index contributed by atoms with van der Waals surface area (Å²) in [6, 6.07) is 8.53. The zero-order chi connectivity index (χ0) is 14.1. The molecular formula is C18H20S. The minimum Gasteiger partial charge on any atom is -0.130 e. The average Bonchev–Trinajstić information content (AvgIpc) is 2.45. The maximum atomic E-state index is 3.78. The molecule has 0 amide bonds. The van der Waals surface area contributed by atoms with Crippen LogP contribution in [0.5, 0.6) is 0 Å². The Labute approximate surface area is 120 Å². The fourth-order valence-corrected chi connectivity index (χ4v) is 1.97. The lowest BCUT2D eigenvalue weighted by atomic mass is 10.1. The van der Waals surface area contributed by atoms with Gasteiger partial charge in [-0.1, -0.05) is 67.3 Å². The Balaban J connectivity index is 2.79. The van der Waals surface area contributed by atoms with Crippen molar-refractivity contribution in [2.75, 3.05) is 6.26 Å². The summed E-state index contributed by atoms with van der Waals surface area (Å²) >= 11 is 1.76. The van der Waals surface area contributed by atoms with Gasteiger partial charge in [-0.05, 0) is 36.4 Å². The first-order valence-electron chi connectivity index (χ1n) is 6.15. The van der Waals surface area contributed by atoms with E-state index >= 15 is 0 Å². The van der Waals surface area contributed by atoms with Crippen molar-refractivity contribution in [3.8, 4) is 0 Å². The summed E-state index contributed by atoms with van der Waals surface area (Å²) in [6.07, 6.45) is 13.9. The monoisotopic (exact) mass is 268 g/mol. The summed E-state index contributed by atoms with van der Waals surface area (Å²) in [6.45, 7) is 9.55. The van der Waals surface area contributed by atoms with Crippen molar-refractivity contribution in [2.24, 2.45) is 0 Å². The van der Waals surface area contributed by atoms with Crippen LogP contribution in [0.15, 0.2) is 83.8 Å². The lowest BCUT2D eigenvalue weighted by molar-refractivity contribution is 1.45. The molecule has 1 aromatic carbocycles. The highest BCUT2D eigenvalue weighted by atomic mass is 32.2. The Morgan fingerprint density at radius 3 is 2.37 bits per heavy atom. The van der Waals surface area contributed by atoms with Gasteiger partial charge in [0.1, 0.15) is 0 Å². The van der Waals surface area contributed by atoms with E-state index in [2.05, 4.69) is 68.8 Å². The van der Waals surface area contributed by atoms with Crippen LogP contribution in [0.4, 0.5) is 0 Å². The van der Waals surface area contributed by atoms with E-state index in [-0.39, 0.29) is 0 Å². The third-order valence-electron chi connectivity index (χ3n) is 2.59. The summed E-state index contributed by atoms with van der Waals surface area (Å²) in [5.74, 6) is 0.